The molecular formula is C22H19F3N2O6. The zero-order chi connectivity index (χ0) is 24.0. The average Bonchev–Trinajstić information content (AvgIpc) is 2.77. The number of nitrogens with one attached hydrogen (secondary N) is 2. The third-order valence-electron chi connectivity index (χ3n) is 4.43. The smallest absolute Gasteiger partial charge is 0.416 e. The number of hydrogen-bond donors (Lipinski definition) is 2. The molecule has 2 N–H and O–H groups in total. The lowest BCUT2D eigenvalue weighted by Gasteiger charge is -2.15. The van der Waals surface area contributed by atoms with Crippen molar-refractivity contribution >= 4 is 28.5 Å². The van der Waals surface area contributed by atoms with Crippen LogP contribution >= 0.6 is 0 Å². The van der Waals surface area contributed by atoms with E-state index in [9.17, 15) is 27.6 Å². The average molecular weight is 464 g/mol. The number of methoxy groups -OCH3 is 1. The number of pyridine rings is 1. The Morgan fingerprint density at radius 2 is 1.82 bits per heavy atom. The number of hydrogen-bond acceptors (Lipinski definition) is 6. The quantitative estimate of drug-likeness (QED) is 0.391. The van der Waals surface area contributed by atoms with Crippen molar-refractivity contribution in [3.05, 3.63) is 70.0 Å². The predicted molar refractivity (Wildman–Crippen MR) is 112 cm³/mol. The lowest BCUT2D eigenvalue weighted by Crippen LogP contribution is -2.22. The minimum absolute atomic E-state index is 0.0136. The molecule has 0 saturated heterocycles. The number of ether oxygens (including phenoxy) is 3. The topological polar surface area (TPSA) is 107 Å². The Morgan fingerprint density at radius 3 is 2.55 bits per heavy atom. The molecule has 33 heavy (non-hydrogen) atoms. The zero-order valence-electron chi connectivity index (χ0n) is 17.3. The summed E-state index contributed by atoms with van der Waals surface area (Å²) in [5.74, 6) is -1.85. The van der Waals surface area contributed by atoms with Gasteiger partial charge in [-0.25, -0.2) is 4.79 Å². The van der Waals surface area contributed by atoms with Crippen molar-refractivity contribution in [2.45, 2.75) is 6.18 Å². The maximum atomic E-state index is 13.1. The third-order valence-corrected chi connectivity index (χ3v) is 4.43. The van der Waals surface area contributed by atoms with E-state index in [-0.39, 0.29) is 30.2 Å². The largest absolute Gasteiger partial charge is 0.489 e. The summed E-state index contributed by atoms with van der Waals surface area (Å²) in [6.45, 7) is -0.584. The van der Waals surface area contributed by atoms with Gasteiger partial charge in [-0.1, -0.05) is 18.2 Å². The van der Waals surface area contributed by atoms with Crippen molar-refractivity contribution in [3.8, 4) is 5.75 Å². The Kier molecular flexibility index (Phi) is 7.34. The van der Waals surface area contributed by atoms with Gasteiger partial charge in [0.25, 0.3) is 5.91 Å². The molecule has 0 bridgehead atoms. The van der Waals surface area contributed by atoms with Crippen LogP contribution in [-0.4, -0.2) is 43.8 Å². The second-order valence-electron chi connectivity index (χ2n) is 6.77. The number of fused-ring (bicyclic) bond motifs is 1. The molecule has 1 aromatic heterocycles. The number of halogens is 3. The normalized spacial score (nSPS) is 11.3. The molecule has 174 valence electrons. The van der Waals surface area contributed by atoms with Crippen LogP contribution in [-0.2, 0) is 20.4 Å². The Morgan fingerprint density at radius 1 is 1.06 bits per heavy atom. The highest BCUT2D eigenvalue weighted by Gasteiger charge is 2.31. The molecule has 11 heteroatoms. The van der Waals surface area contributed by atoms with Crippen molar-refractivity contribution in [1.82, 2.24) is 4.98 Å². The number of rotatable bonds is 8. The number of amides is 1. The van der Waals surface area contributed by atoms with Crippen LogP contribution in [0.3, 0.4) is 0 Å². The fraction of sp³-hybridized carbons (Fsp3) is 0.227. The first-order valence-electron chi connectivity index (χ1n) is 9.61. The third kappa shape index (κ3) is 6.10. The Balaban J connectivity index is 1.74. The number of alkyl halides is 3. The molecule has 0 aliphatic rings. The molecule has 3 rings (SSSR count). The maximum Gasteiger partial charge on any atom is 0.416 e. The van der Waals surface area contributed by atoms with E-state index in [4.69, 9.17) is 14.2 Å². The number of aromatic nitrogens is 1. The van der Waals surface area contributed by atoms with Crippen LogP contribution in [0.2, 0.25) is 0 Å². The van der Waals surface area contributed by atoms with Gasteiger partial charge in [-0.3, -0.25) is 9.59 Å². The number of H-pyrrole nitrogens is 1. The van der Waals surface area contributed by atoms with Crippen LogP contribution in [0.4, 0.5) is 18.9 Å². The number of esters is 1. The highest BCUT2D eigenvalue weighted by molar-refractivity contribution is 6.04. The first kappa shape index (κ1) is 23.8. The van der Waals surface area contributed by atoms with E-state index >= 15 is 0 Å². The fourth-order valence-corrected chi connectivity index (χ4v) is 2.93. The minimum atomic E-state index is -4.64. The molecule has 0 aliphatic heterocycles. The SMILES string of the molecule is COCCOc1ccc(C(F)(F)F)cc1NC(=O)COC(=O)c1cc(=O)[nH]c2ccccc12. The number of aromatic amines is 1. The number of benzene rings is 2. The number of anilines is 1. The van der Waals surface area contributed by atoms with Crippen molar-refractivity contribution in [1.29, 1.82) is 0 Å². The Bertz CT molecular complexity index is 1220. The minimum Gasteiger partial charge on any atom is -0.489 e. The second-order valence-corrected chi connectivity index (χ2v) is 6.77. The molecule has 8 nitrogen and oxygen atoms in total. The van der Waals surface area contributed by atoms with E-state index < -0.39 is 35.8 Å². The van der Waals surface area contributed by atoms with Gasteiger partial charge in [0.2, 0.25) is 5.56 Å². The fourth-order valence-electron chi connectivity index (χ4n) is 2.93. The summed E-state index contributed by atoms with van der Waals surface area (Å²) >= 11 is 0. The second kappa shape index (κ2) is 10.2. The van der Waals surface area contributed by atoms with Crippen LogP contribution in [0.15, 0.2) is 53.3 Å². The monoisotopic (exact) mass is 464 g/mol. The van der Waals surface area contributed by atoms with Crippen LogP contribution in [0.5, 0.6) is 5.75 Å². The van der Waals surface area contributed by atoms with Crippen molar-refractivity contribution in [2.24, 2.45) is 0 Å². The number of carbonyl (C=O) groups is 2. The lowest BCUT2D eigenvalue weighted by molar-refractivity contribution is -0.137. The van der Waals surface area contributed by atoms with E-state index in [1.807, 2.05) is 0 Å². The van der Waals surface area contributed by atoms with Gasteiger partial charge in [0.1, 0.15) is 12.4 Å². The van der Waals surface area contributed by atoms with Gasteiger partial charge in [0.15, 0.2) is 6.61 Å². The zero-order valence-corrected chi connectivity index (χ0v) is 17.3. The first-order valence-corrected chi connectivity index (χ1v) is 9.61. The molecule has 0 aliphatic carbocycles. The van der Waals surface area contributed by atoms with Gasteiger partial charge < -0.3 is 24.5 Å². The molecule has 3 aromatic rings. The molecule has 1 heterocycles. The Hall–Kier alpha value is -3.86. The highest BCUT2D eigenvalue weighted by atomic mass is 19.4. The standard InChI is InChI=1S/C22H19F3N2O6/c1-31-8-9-32-18-7-6-13(22(23,24)25)10-17(18)27-20(29)12-33-21(30)15-11-19(28)26-16-5-3-2-4-14(15)16/h2-7,10-11H,8-9,12H2,1H3,(H,26,28)(H,27,29). The molecule has 0 atom stereocenters. The van der Waals surface area contributed by atoms with Crippen molar-refractivity contribution in [2.75, 3.05) is 32.2 Å². The summed E-state index contributed by atoms with van der Waals surface area (Å²) in [6, 6.07) is 10.2. The first-order chi connectivity index (χ1) is 15.7. The van der Waals surface area contributed by atoms with Gasteiger partial charge >= 0.3 is 12.1 Å². The van der Waals surface area contributed by atoms with Gasteiger partial charge in [0.05, 0.1) is 23.4 Å². The summed E-state index contributed by atoms with van der Waals surface area (Å²) in [7, 11) is 1.43. The molecule has 1 amide bonds. The van der Waals surface area contributed by atoms with Crippen LogP contribution in [0, 0.1) is 0 Å². The molecule has 2 aromatic carbocycles. The van der Waals surface area contributed by atoms with Crippen LogP contribution in [0.25, 0.3) is 10.9 Å². The van der Waals surface area contributed by atoms with Crippen molar-refractivity contribution in [3.63, 3.8) is 0 Å². The summed E-state index contributed by atoms with van der Waals surface area (Å²) in [5, 5.41) is 2.67. The Labute approximate surface area is 185 Å². The van der Waals surface area contributed by atoms with Gasteiger partial charge in [-0.05, 0) is 24.3 Å². The molecule has 0 saturated carbocycles. The molecule has 0 fully saturated rings. The van der Waals surface area contributed by atoms with Gasteiger partial charge in [-0.15, -0.1) is 0 Å². The maximum absolute atomic E-state index is 13.1. The molecule has 0 radical (unpaired) electrons. The molecular weight excluding hydrogens is 445 g/mol. The van der Waals surface area contributed by atoms with E-state index in [0.717, 1.165) is 18.2 Å². The van der Waals surface area contributed by atoms with E-state index in [2.05, 4.69) is 10.3 Å². The van der Waals surface area contributed by atoms with Gasteiger partial charge in [0, 0.05) is 24.1 Å². The van der Waals surface area contributed by atoms with Gasteiger partial charge in [-0.2, -0.15) is 13.2 Å². The van der Waals surface area contributed by atoms with E-state index in [1.165, 1.54) is 7.11 Å². The summed E-state index contributed by atoms with van der Waals surface area (Å²) in [5.41, 5.74) is -1.42. The highest BCUT2D eigenvalue weighted by Crippen LogP contribution is 2.35. The van der Waals surface area contributed by atoms with Crippen molar-refractivity contribution < 1.29 is 37.0 Å². The summed E-state index contributed by atoms with van der Waals surface area (Å²) in [6.07, 6.45) is -4.64. The molecule has 0 spiro atoms. The van der Waals surface area contributed by atoms with Crippen LogP contribution < -0.4 is 15.6 Å². The predicted octanol–water partition coefficient (Wildman–Crippen LogP) is 3.37. The number of para-hydroxylation sites is 1. The van der Waals surface area contributed by atoms with E-state index in [0.29, 0.717) is 17.0 Å². The lowest BCUT2D eigenvalue weighted by atomic mass is 10.1. The van der Waals surface area contributed by atoms with E-state index in [1.54, 1.807) is 24.3 Å². The molecule has 0 unspecified atom stereocenters. The van der Waals surface area contributed by atoms with Crippen LogP contribution in [0.1, 0.15) is 15.9 Å². The summed E-state index contributed by atoms with van der Waals surface area (Å²) in [4.78, 5) is 39.1. The number of carbonyl (C=O) groups excluding carboxylic acids is 2. The summed E-state index contributed by atoms with van der Waals surface area (Å²) < 4.78 is 54.4.